The van der Waals surface area contributed by atoms with Crippen molar-refractivity contribution in [2.75, 3.05) is 0 Å². The Morgan fingerprint density at radius 1 is 1.25 bits per heavy atom. The van der Waals surface area contributed by atoms with Gasteiger partial charge in [-0.1, -0.05) is 36.7 Å². The number of halogens is 1. The van der Waals surface area contributed by atoms with E-state index in [9.17, 15) is 10.1 Å². The molecule has 0 saturated heterocycles. The Labute approximate surface area is 129 Å². The molecule has 1 N–H and O–H groups in total. The van der Waals surface area contributed by atoms with Gasteiger partial charge in [0.2, 0.25) is 0 Å². The second-order valence-corrected chi connectivity index (χ2v) is 7.86. The highest BCUT2D eigenvalue weighted by Gasteiger charge is 2.25. The van der Waals surface area contributed by atoms with Crippen LogP contribution in [0.3, 0.4) is 0 Å². The summed E-state index contributed by atoms with van der Waals surface area (Å²) in [7, 11) is 0. The maximum atomic E-state index is 10.7. The summed E-state index contributed by atoms with van der Waals surface area (Å²) in [5, 5.41) is 14.2. The summed E-state index contributed by atoms with van der Waals surface area (Å²) in [6.45, 7) is 11.7. The Kier molecular flexibility index (Phi) is 5.33. The number of nitro groups is 1. The average molecular weight is 343 g/mol. The van der Waals surface area contributed by atoms with Gasteiger partial charge in [0.05, 0.1) is 4.92 Å². The topological polar surface area (TPSA) is 55.2 Å². The molecule has 0 aliphatic carbocycles. The normalized spacial score (nSPS) is 12.5. The van der Waals surface area contributed by atoms with Crippen LogP contribution in [-0.2, 0) is 6.54 Å². The maximum absolute atomic E-state index is 10.7. The summed E-state index contributed by atoms with van der Waals surface area (Å²) in [5.41, 5.74) is 1.40. The van der Waals surface area contributed by atoms with Crippen LogP contribution in [0, 0.1) is 15.5 Å². The first-order valence-corrected chi connectivity index (χ1v) is 7.47. The van der Waals surface area contributed by atoms with Crippen LogP contribution >= 0.6 is 15.9 Å². The Morgan fingerprint density at radius 2 is 1.85 bits per heavy atom. The fourth-order valence-corrected chi connectivity index (χ4v) is 3.02. The van der Waals surface area contributed by atoms with Crippen molar-refractivity contribution in [1.82, 2.24) is 5.32 Å². The fraction of sp³-hybridized carbons (Fsp3) is 0.600. The predicted molar refractivity (Wildman–Crippen MR) is 85.8 cm³/mol. The van der Waals surface area contributed by atoms with E-state index in [0.717, 1.165) is 16.5 Å². The SMILES string of the molecule is CC(C)(C)CC(C)(C)NCc1ccc([N+](=O)[O-])cc1Br. The lowest BCUT2D eigenvalue weighted by molar-refractivity contribution is -0.384. The molecule has 0 saturated carbocycles. The van der Waals surface area contributed by atoms with Crippen molar-refractivity contribution in [2.45, 2.75) is 53.1 Å². The van der Waals surface area contributed by atoms with Gasteiger partial charge in [-0.05, 0) is 37.3 Å². The van der Waals surface area contributed by atoms with Crippen molar-refractivity contribution in [3.63, 3.8) is 0 Å². The summed E-state index contributed by atoms with van der Waals surface area (Å²) in [5.74, 6) is 0. The molecule has 0 aromatic heterocycles. The third-order valence-corrected chi connectivity index (χ3v) is 3.72. The third kappa shape index (κ3) is 5.59. The number of nitrogens with one attached hydrogen (secondary N) is 1. The Hall–Kier alpha value is -0.940. The molecule has 5 heteroatoms. The summed E-state index contributed by atoms with van der Waals surface area (Å²) < 4.78 is 0.769. The third-order valence-electron chi connectivity index (χ3n) is 2.98. The Balaban J connectivity index is 2.73. The van der Waals surface area contributed by atoms with Crippen molar-refractivity contribution in [3.05, 3.63) is 38.3 Å². The summed E-state index contributed by atoms with van der Waals surface area (Å²) in [6, 6.07) is 4.88. The van der Waals surface area contributed by atoms with Gasteiger partial charge < -0.3 is 5.32 Å². The molecule has 0 radical (unpaired) electrons. The molecule has 0 aliphatic heterocycles. The monoisotopic (exact) mass is 342 g/mol. The standard InChI is InChI=1S/C15H23BrN2O2/c1-14(2,3)10-15(4,5)17-9-11-6-7-12(18(19)20)8-13(11)16/h6-8,17H,9-10H2,1-5H3. The molecule has 1 rings (SSSR count). The number of rotatable bonds is 5. The van der Waals surface area contributed by atoms with E-state index >= 15 is 0 Å². The molecule has 0 spiro atoms. The van der Waals surface area contributed by atoms with Crippen LogP contribution in [-0.4, -0.2) is 10.5 Å². The van der Waals surface area contributed by atoms with Crippen LogP contribution in [0.1, 0.15) is 46.6 Å². The zero-order chi connectivity index (χ0) is 15.6. The second-order valence-electron chi connectivity index (χ2n) is 7.01. The number of nitrogens with zero attached hydrogens (tertiary/aromatic N) is 1. The zero-order valence-corrected chi connectivity index (χ0v) is 14.4. The van der Waals surface area contributed by atoms with E-state index in [2.05, 4.69) is 55.9 Å². The van der Waals surface area contributed by atoms with Crippen molar-refractivity contribution >= 4 is 21.6 Å². The number of non-ortho nitro benzene ring substituents is 1. The van der Waals surface area contributed by atoms with E-state index in [1.54, 1.807) is 18.2 Å². The van der Waals surface area contributed by atoms with Crippen LogP contribution in [0.4, 0.5) is 5.69 Å². The van der Waals surface area contributed by atoms with E-state index in [1.165, 1.54) is 0 Å². The molecule has 0 fully saturated rings. The molecule has 0 heterocycles. The average Bonchev–Trinajstić information content (AvgIpc) is 2.23. The van der Waals surface area contributed by atoms with Gasteiger partial charge in [0, 0.05) is 28.7 Å². The predicted octanol–water partition coefficient (Wildman–Crippen LogP) is 4.66. The van der Waals surface area contributed by atoms with Crippen LogP contribution in [0.2, 0.25) is 0 Å². The zero-order valence-electron chi connectivity index (χ0n) is 12.8. The molecule has 112 valence electrons. The Morgan fingerprint density at radius 3 is 2.30 bits per heavy atom. The highest BCUT2D eigenvalue weighted by molar-refractivity contribution is 9.10. The van der Waals surface area contributed by atoms with Crippen LogP contribution in [0.5, 0.6) is 0 Å². The number of benzene rings is 1. The first-order valence-electron chi connectivity index (χ1n) is 6.68. The van der Waals surface area contributed by atoms with E-state index < -0.39 is 0 Å². The number of nitro benzene ring substituents is 1. The van der Waals surface area contributed by atoms with Gasteiger partial charge >= 0.3 is 0 Å². The fourth-order valence-electron chi connectivity index (χ4n) is 2.52. The van der Waals surface area contributed by atoms with Crippen molar-refractivity contribution < 1.29 is 4.92 Å². The van der Waals surface area contributed by atoms with Crippen molar-refractivity contribution in [2.24, 2.45) is 5.41 Å². The lowest BCUT2D eigenvalue weighted by atomic mass is 9.82. The first-order chi connectivity index (χ1) is 9.00. The molecule has 1 aromatic rings. The number of hydrogen-bond acceptors (Lipinski definition) is 3. The van der Waals surface area contributed by atoms with Gasteiger partial charge in [-0.15, -0.1) is 0 Å². The van der Waals surface area contributed by atoms with E-state index in [0.29, 0.717) is 6.54 Å². The summed E-state index contributed by atoms with van der Waals surface area (Å²) in [6.07, 6.45) is 1.05. The lowest BCUT2D eigenvalue weighted by Crippen LogP contribution is -2.41. The molecule has 0 unspecified atom stereocenters. The molecule has 4 nitrogen and oxygen atoms in total. The van der Waals surface area contributed by atoms with E-state index in [-0.39, 0.29) is 21.6 Å². The van der Waals surface area contributed by atoms with Crippen LogP contribution < -0.4 is 5.32 Å². The second kappa shape index (κ2) is 6.22. The van der Waals surface area contributed by atoms with Crippen LogP contribution in [0.25, 0.3) is 0 Å². The van der Waals surface area contributed by atoms with Gasteiger partial charge in [-0.2, -0.15) is 0 Å². The van der Waals surface area contributed by atoms with Gasteiger partial charge in [0.15, 0.2) is 0 Å². The minimum Gasteiger partial charge on any atom is -0.308 e. The Bertz CT molecular complexity index is 493. The van der Waals surface area contributed by atoms with Gasteiger partial charge in [0.1, 0.15) is 0 Å². The largest absolute Gasteiger partial charge is 0.308 e. The maximum Gasteiger partial charge on any atom is 0.270 e. The molecule has 0 atom stereocenters. The molecule has 20 heavy (non-hydrogen) atoms. The molecular formula is C15H23BrN2O2. The molecule has 1 aromatic carbocycles. The van der Waals surface area contributed by atoms with Gasteiger partial charge in [-0.25, -0.2) is 0 Å². The first kappa shape index (κ1) is 17.1. The minimum atomic E-state index is -0.383. The van der Waals surface area contributed by atoms with E-state index in [1.807, 2.05) is 0 Å². The quantitative estimate of drug-likeness (QED) is 0.625. The summed E-state index contributed by atoms with van der Waals surface area (Å²) in [4.78, 5) is 10.3. The van der Waals surface area contributed by atoms with Gasteiger partial charge in [0.25, 0.3) is 5.69 Å². The molecule has 0 aliphatic rings. The van der Waals surface area contributed by atoms with Crippen LogP contribution in [0.15, 0.2) is 22.7 Å². The number of hydrogen-bond donors (Lipinski definition) is 1. The molecule has 0 amide bonds. The van der Waals surface area contributed by atoms with E-state index in [4.69, 9.17) is 0 Å². The summed E-state index contributed by atoms with van der Waals surface area (Å²) >= 11 is 3.40. The smallest absolute Gasteiger partial charge is 0.270 e. The lowest BCUT2D eigenvalue weighted by Gasteiger charge is -2.33. The minimum absolute atomic E-state index is 0.0134. The van der Waals surface area contributed by atoms with Crippen molar-refractivity contribution in [3.8, 4) is 0 Å². The molecular weight excluding hydrogens is 320 g/mol. The highest BCUT2D eigenvalue weighted by Crippen LogP contribution is 2.28. The molecule has 0 bridgehead atoms. The highest BCUT2D eigenvalue weighted by atomic mass is 79.9. The van der Waals surface area contributed by atoms with Gasteiger partial charge in [-0.3, -0.25) is 10.1 Å². The van der Waals surface area contributed by atoms with Crippen molar-refractivity contribution in [1.29, 1.82) is 0 Å².